The molecule has 2 aromatic heterocycles. The molecule has 0 radical (unpaired) electrons. The number of fused-ring (bicyclic) bond motifs is 1. The van der Waals surface area contributed by atoms with Gasteiger partial charge in [-0.3, -0.25) is 9.59 Å². The Balaban J connectivity index is 1.92. The van der Waals surface area contributed by atoms with Crippen LogP contribution >= 0.6 is 11.6 Å². The lowest BCUT2D eigenvalue weighted by atomic mass is 10.1. The number of carbonyl (C=O) groups excluding carboxylic acids is 1. The monoisotopic (exact) mass is 344 g/mol. The zero-order valence-electron chi connectivity index (χ0n) is 13.6. The number of amides is 1. The summed E-state index contributed by atoms with van der Waals surface area (Å²) in [5, 5.41) is 7.34. The molecule has 0 fully saturated rings. The second kappa shape index (κ2) is 6.13. The quantitative estimate of drug-likeness (QED) is 0.794. The van der Waals surface area contributed by atoms with E-state index in [1.54, 1.807) is 17.6 Å². The molecule has 0 unspecified atom stereocenters. The van der Waals surface area contributed by atoms with Crippen LogP contribution in [0.5, 0.6) is 0 Å². The van der Waals surface area contributed by atoms with Gasteiger partial charge in [0.1, 0.15) is 12.2 Å². The second-order valence-electron chi connectivity index (χ2n) is 5.80. The first-order chi connectivity index (χ1) is 11.4. The number of aryl methyl sites for hydroxylation is 3. The van der Waals surface area contributed by atoms with Gasteiger partial charge in [-0.2, -0.15) is 9.61 Å². The maximum Gasteiger partial charge on any atom is 0.274 e. The molecule has 1 amide bonds. The predicted octanol–water partition coefficient (Wildman–Crippen LogP) is 2.71. The fraction of sp³-hybridized carbons (Fsp3) is 0.235. The Bertz CT molecular complexity index is 980. The van der Waals surface area contributed by atoms with Gasteiger partial charge in [-0.1, -0.05) is 17.7 Å². The highest BCUT2D eigenvalue weighted by molar-refractivity contribution is 6.34. The molecule has 0 bridgehead atoms. The van der Waals surface area contributed by atoms with Crippen molar-refractivity contribution in [3.05, 3.63) is 62.7 Å². The molecular weight excluding hydrogens is 328 g/mol. The van der Waals surface area contributed by atoms with Crippen molar-refractivity contribution < 1.29 is 4.79 Å². The summed E-state index contributed by atoms with van der Waals surface area (Å²) >= 11 is 6.23. The molecule has 7 heteroatoms. The highest BCUT2D eigenvalue weighted by atomic mass is 35.5. The number of anilines is 1. The zero-order chi connectivity index (χ0) is 17.4. The molecule has 0 spiro atoms. The van der Waals surface area contributed by atoms with Gasteiger partial charge >= 0.3 is 0 Å². The lowest BCUT2D eigenvalue weighted by molar-refractivity contribution is -0.116. The van der Waals surface area contributed by atoms with Crippen LogP contribution in [0.4, 0.5) is 5.69 Å². The predicted molar refractivity (Wildman–Crippen MR) is 93.7 cm³/mol. The van der Waals surface area contributed by atoms with Gasteiger partial charge < -0.3 is 9.88 Å². The number of benzene rings is 1. The number of nitrogens with one attached hydrogen (secondary N) is 1. The summed E-state index contributed by atoms with van der Waals surface area (Å²) in [6.45, 7) is 5.69. The molecule has 124 valence electrons. The van der Waals surface area contributed by atoms with Crippen molar-refractivity contribution in [2.75, 3.05) is 5.32 Å². The topological polar surface area (TPSA) is 68.4 Å². The van der Waals surface area contributed by atoms with Crippen molar-refractivity contribution >= 4 is 28.8 Å². The van der Waals surface area contributed by atoms with Crippen LogP contribution in [-0.4, -0.2) is 20.1 Å². The molecule has 3 aromatic rings. The second-order valence-corrected chi connectivity index (χ2v) is 6.21. The average molecular weight is 345 g/mol. The minimum atomic E-state index is -0.223. The highest BCUT2D eigenvalue weighted by Gasteiger charge is 2.13. The third-order valence-corrected chi connectivity index (χ3v) is 4.16. The molecule has 0 aliphatic rings. The summed E-state index contributed by atoms with van der Waals surface area (Å²) in [5.74, 6) is -0.223. The standard InChI is InChI=1S/C17H17ClN4O2/c1-10-6-11(2)17(13(18)7-10)20-14(23)9-21-12(3)8-16(24)22-15(21)4-5-19-22/h4-8H,9H2,1-3H3,(H,20,23). The fourth-order valence-electron chi connectivity index (χ4n) is 2.77. The molecule has 3 rings (SSSR count). The molecular formula is C17H17ClN4O2. The number of carbonyl (C=O) groups is 1. The summed E-state index contributed by atoms with van der Waals surface area (Å²) in [6, 6.07) is 6.93. The van der Waals surface area contributed by atoms with E-state index in [0.29, 0.717) is 22.1 Å². The molecule has 0 aliphatic carbocycles. The first-order valence-corrected chi connectivity index (χ1v) is 7.85. The van der Waals surface area contributed by atoms with E-state index in [4.69, 9.17) is 11.6 Å². The number of hydrogen-bond acceptors (Lipinski definition) is 3. The number of nitrogens with zero attached hydrogens (tertiary/aromatic N) is 3. The van der Waals surface area contributed by atoms with Crippen LogP contribution in [0.1, 0.15) is 16.8 Å². The van der Waals surface area contributed by atoms with Gasteiger partial charge in [0.15, 0.2) is 0 Å². The minimum Gasteiger partial charge on any atom is -0.323 e. The van der Waals surface area contributed by atoms with Crippen molar-refractivity contribution in [2.45, 2.75) is 27.3 Å². The van der Waals surface area contributed by atoms with Gasteiger partial charge in [0, 0.05) is 17.8 Å². The van der Waals surface area contributed by atoms with Crippen LogP contribution in [0.3, 0.4) is 0 Å². The van der Waals surface area contributed by atoms with E-state index in [-0.39, 0.29) is 18.0 Å². The molecule has 0 saturated carbocycles. The van der Waals surface area contributed by atoms with Crippen LogP contribution < -0.4 is 10.9 Å². The van der Waals surface area contributed by atoms with E-state index >= 15 is 0 Å². The van der Waals surface area contributed by atoms with Crippen LogP contribution in [0, 0.1) is 20.8 Å². The number of halogens is 1. The van der Waals surface area contributed by atoms with Crippen LogP contribution in [0.2, 0.25) is 5.02 Å². The van der Waals surface area contributed by atoms with Gasteiger partial charge in [0.2, 0.25) is 5.91 Å². The van der Waals surface area contributed by atoms with E-state index in [1.807, 2.05) is 26.0 Å². The van der Waals surface area contributed by atoms with E-state index in [9.17, 15) is 9.59 Å². The molecule has 0 saturated heterocycles. The van der Waals surface area contributed by atoms with Crippen molar-refractivity contribution in [2.24, 2.45) is 0 Å². The Hall–Kier alpha value is -2.60. The first-order valence-electron chi connectivity index (χ1n) is 7.47. The summed E-state index contributed by atoms with van der Waals surface area (Å²) in [4.78, 5) is 24.4. The largest absolute Gasteiger partial charge is 0.323 e. The van der Waals surface area contributed by atoms with Gasteiger partial charge in [-0.25, -0.2) is 0 Å². The Labute approximate surface area is 143 Å². The van der Waals surface area contributed by atoms with Crippen molar-refractivity contribution in [1.82, 2.24) is 14.2 Å². The number of rotatable bonds is 3. The minimum absolute atomic E-state index is 0.0605. The van der Waals surface area contributed by atoms with Gasteiger partial charge in [0.05, 0.1) is 16.9 Å². The van der Waals surface area contributed by atoms with Crippen molar-refractivity contribution in [3.63, 3.8) is 0 Å². The molecule has 6 nitrogen and oxygen atoms in total. The van der Waals surface area contributed by atoms with Crippen LogP contribution in [0.25, 0.3) is 5.65 Å². The Morgan fingerprint density at radius 2 is 2.00 bits per heavy atom. The maximum atomic E-state index is 12.5. The molecule has 1 N–H and O–H groups in total. The van der Waals surface area contributed by atoms with Crippen molar-refractivity contribution in [3.8, 4) is 0 Å². The molecule has 24 heavy (non-hydrogen) atoms. The van der Waals surface area contributed by atoms with Crippen molar-refractivity contribution in [1.29, 1.82) is 0 Å². The van der Waals surface area contributed by atoms with E-state index < -0.39 is 0 Å². The lowest BCUT2D eigenvalue weighted by Gasteiger charge is -2.15. The summed E-state index contributed by atoms with van der Waals surface area (Å²) < 4.78 is 3.01. The fourth-order valence-corrected chi connectivity index (χ4v) is 3.14. The third kappa shape index (κ3) is 2.92. The van der Waals surface area contributed by atoms with E-state index in [1.165, 1.54) is 16.8 Å². The normalized spacial score (nSPS) is 11.0. The van der Waals surface area contributed by atoms with Gasteiger partial charge in [-0.05, 0) is 38.0 Å². The summed E-state index contributed by atoms with van der Waals surface area (Å²) in [7, 11) is 0. The van der Waals surface area contributed by atoms with Crippen LogP contribution in [0.15, 0.2) is 35.3 Å². The average Bonchev–Trinajstić information content (AvgIpc) is 2.97. The Morgan fingerprint density at radius 1 is 1.25 bits per heavy atom. The SMILES string of the molecule is Cc1cc(C)c(NC(=O)Cn2c(C)cc(=O)n3nccc23)c(Cl)c1. The van der Waals surface area contributed by atoms with E-state index in [0.717, 1.165) is 11.1 Å². The summed E-state index contributed by atoms with van der Waals surface area (Å²) in [5.41, 5.74) is 3.58. The lowest BCUT2D eigenvalue weighted by Crippen LogP contribution is -2.25. The molecule has 2 heterocycles. The van der Waals surface area contributed by atoms with E-state index in [2.05, 4.69) is 10.4 Å². The van der Waals surface area contributed by atoms with Gasteiger partial charge in [0.25, 0.3) is 5.56 Å². The Kier molecular flexibility index (Phi) is 4.15. The highest BCUT2D eigenvalue weighted by Crippen LogP contribution is 2.27. The van der Waals surface area contributed by atoms with Crippen LogP contribution in [-0.2, 0) is 11.3 Å². The molecule has 0 atom stereocenters. The molecule has 0 aliphatic heterocycles. The smallest absolute Gasteiger partial charge is 0.274 e. The molecule has 1 aromatic carbocycles. The summed E-state index contributed by atoms with van der Waals surface area (Å²) in [6.07, 6.45) is 1.53. The Morgan fingerprint density at radius 3 is 2.71 bits per heavy atom. The zero-order valence-corrected chi connectivity index (χ0v) is 14.4. The number of hydrogen-bond donors (Lipinski definition) is 1. The first kappa shape index (κ1) is 16.3. The van der Waals surface area contributed by atoms with Gasteiger partial charge in [-0.15, -0.1) is 0 Å². The third-order valence-electron chi connectivity index (χ3n) is 3.86. The number of aromatic nitrogens is 3. The maximum absolute atomic E-state index is 12.5.